The van der Waals surface area contributed by atoms with Crippen molar-refractivity contribution in [2.24, 2.45) is 0 Å². The van der Waals surface area contributed by atoms with Gasteiger partial charge in [0.15, 0.2) is 0 Å². The summed E-state index contributed by atoms with van der Waals surface area (Å²) in [5, 5.41) is 27.6. The molecule has 2 N–H and O–H groups in total. The predicted octanol–water partition coefficient (Wildman–Crippen LogP) is -1.15. The molecule has 0 aliphatic carbocycles. The number of hydrogen-bond acceptors (Lipinski definition) is 7. The van der Waals surface area contributed by atoms with E-state index in [-0.39, 0.29) is 0 Å². The summed E-state index contributed by atoms with van der Waals surface area (Å²) in [6.45, 7) is -4.40. The summed E-state index contributed by atoms with van der Waals surface area (Å²) in [4.78, 5) is 9.06. The van der Waals surface area contributed by atoms with E-state index in [1.54, 1.807) is 0 Å². The minimum Gasteiger partial charge on any atom is -0.389 e. The van der Waals surface area contributed by atoms with Gasteiger partial charge in [-0.05, 0) is 0 Å². The minimum atomic E-state index is -6.01. The first-order chi connectivity index (χ1) is 7.52. The summed E-state index contributed by atoms with van der Waals surface area (Å²) in [7, 11) is -6.01. The molecule has 0 aromatic heterocycles. The lowest BCUT2D eigenvalue weighted by Crippen LogP contribution is -2.51. The van der Waals surface area contributed by atoms with Gasteiger partial charge in [-0.15, -0.1) is 0 Å². The molecule has 0 saturated heterocycles. The summed E-state index contributed by atoms with van der Waals surface area (Å²) in [6, 6.07) is 0. The van der Waals surface area contributed by atoms with Crippen molar-refractivity contribution < 1.29 is 40.9 Å². The van der Waals surface area contributed by atoms with Gasteiger partial charge >= 0.3 is 15.6 Å². The number of aliphatic hydroxyl groups is 2. The van der Waals surface area contributed by atoms with Crippen molar-refractivity contribution >= 4 is 10.1 Å². The molecule has 0 saturated carbocycles. The third-order valence-electron chi connectivity index (χ3n) is 1.74. The molecule has 0 radical (unpaired) electrons. The molecule has 0 aliphatic heterocycles. The van der Waals surface area contributed by atoms with E-state index in [4.69, 9.17) is 10.2 Å². The smallest absolute Gasteiger partial charge is 0.389 e. The molecule has 0 spiro atoms. The number of nitrogens with zero attached hydrogens (tertiary/aromatic N) is 1. The van der Waals surface area contributed by atoms with Crippen molar-refractivity contribution in [3.8, 4) is 0 Å². The first kappa shape index (κ1) is 16.0. The number of hydrogen-bond donors (Lipinski definition) is 2. The van der Waals surface area contributed by atoms with Crippen LogP contribution in [0.15, 0.2) is 0 Å². The van der Waals surface area contributed by atoms with Gasteiger partial charge in [0.25, 0.3) is 5.54 Å². The zero-order valence-electron chi connectivity index (χ0n) is 8.05. The third kappa shape index (κ3) is 3.49. The second kappa shape index (κ2) is 5.12. The first-order valence-electron chi connectivity index (χ1n) is 3.84. The van der Waals surface area contributed by atoms with Crippen molar-refractivity contribution in [3.05, 3.63) is 10.1 Å². The topological polar surface area (TPSA) is 127 Å². The average molecular weight is 283 g/mol. The standard InChI is InChI=1S/C5H8F3NO7S/c6-5(7,8)17(14,15)16-3-4(1-10,2-11)9(12)13/h10-11H,1-3H2. The molecule has 12 heteroatoms. The molecule has 0 atom stereocenters. The van der Waals surface area contributed by atoms with Crippen LogP contribution in [0, 0.1) is 10.1 Å². The van der Waals surface area contributed by atoms with E-state index in [0.29, 0.717) is 0 Å². The molecule has 8 nitrogen and oxygen atoms in total. The van der Waals surface area contributed by atoms with E-state index in [9.17, 15) is 31.7 Å². The number of alkyl halides is 3. The molecule has 0 aliphatic rings. The predicted molar refractivity (Wildman–Crippen MR) is 44.8 cm³/mol. The maximum Gasteiger partial charge on any atom is 0.523 e. The number of aliphatic hydroxyl groups excluding tert-OH is 2. The van der Waals surface area contributed by atoms with Gasteiger partial charge in [0.1, 0.15) is 19.8 Å². The SMILES string of the molecule is O=[N+]([O-])C(CO)(CO)COS(=O)(=O)C(F)(F)F. The monoisotopic (exact) mass is 283 g/mol. The maximum absolute atomic E-state index is 11.8. The molecule has 0 bridgehead atoms. The molecule has 0 aromatic carbocycles. The molecule has 0 amide bonds. The van der Waals surface area contributed by atoms with Gasteiger partial charge in [-0.2, -0.15) is 21.6 Å². The summed E-state index contributed by atoms with van der Waals surface area (Å²) >= 11 is 0. The molecular weight excluding hydrogens is 275 g/mol. The van der Waals surface area contributed by atoms with Crippen LogP contribution in [-0.4, -0.2) is 54.4 Å². The molecule has 102 valence electrons. The lowest BCUT2D eigenvalue weighted by molar-refractivity contribution is -0.579. The fourth-order valence-electron chi connectivity index (χ4n) is 0.564. The molecule has 0 heterocycles. The highest BCUT2D eigenvalue weighted by Gasteiger charge is 2.51. The van der Waals surface area contributed by atoms with E-state index in [0.717, 1.165) is 0 Å². The Morgan fingerprint density at radius 1 is 1.24 bits per heavy atom. The van der Waals surface area contributed by atoms with Crippen LogP contribution < -0.4 is 0 Å². The van der Waals surface area contributed by atoms with Gasteiger partial charge in [-0.3, -0.25) is 14.3 Å². The van der Waals surface area contributed by atoms with Crippen LogP contribution in [0.1, 0.15) is 0 Å². The van der Waals surface area contributed by atoms with Crippen LogP contribution in [0.5, 0.6) is 0 Å². The van der Waals surface area contributed by atoms with Crippen LogP contribution in [-0.2, 0) is 14.3 Å². The Hall–Kier alpha value is -0.980. The minimum absolute atomic E-state index is 1.32. The highest BCUT2D eigenvalue weighted by molar-refractivity contribution is 7.87. The zero-order chi connectivity index (χ0) is 13.9. The fraction of sp³-hybridized carbons (Fsp3) is 1.00. The summed E-state index contributed by atoms with van der Waals surface area (Å²) < 4.78 is 59.7. The molecule has 0 fully saturated rings. The molecule has 0 rings (SSSR count). The number of halogens is 3. The fourth-order valence-corrected chi connectivity index (χ4v) is 1.07. The molecule has 0 unspecified atom stereocenters. The van der Waals surface area contributed by atoms with Crippen LogP contribution in [0.3, 0.4) is 0 Å². The van der Waals surface area contributed by atoms with Crippen molar-refractivity contribution in [1.29, 1.82) is 0 Å². The lowest BCUT2D eigenvalue weighted by Gasteiger charge is -2.20. The Morgan fingerprint density at radius 3 is 1.88 bits per heavy atom. The Morgan fingerprint density at radius 2 is 1.65 bits per heavy atom. The second-order valence-corrected chi connectivity index (χ2v) is 4.57. The van der Waals surface area contributed by atoms with Gasteiger partial charge in [0.05, 0.1) is 0 Å². The average Bonchev–Trinajstić information content (AvgIpc) is 2.17. The highest BCUT2D eigenvalue weighted by Crippen LogP contribution is 2.25. The van der Waals surface area contributed by atoms with Crippen LogP contribution in [0.25, 0.3) is 0 Å². The van der Waals surface area contributed by atoms with Crippen LogP contribution >= 0.6 is 0 Å². The molecular formula is C5H8F3NO7S. The van der Waals surface area contributed by atoms with Crippen LogP contribution in [0.4, 0.5) is 13.2 Å². The summed E-state index contributed by atoms with van der Waals surface area (Å²) in [6.07, 6.45) is 0. The zero-order valence-corrected chi connectivity index (χ0v) is 8.86. The largest absolute Gasteiger partial charge is 0.523 e. The summed E-state index contributed by atoms with van der Waals surface area (Å²) in [5.41, 5.74) is -8.45. The van der Waals surface area contributed by atoms with Gasteiger partial charge in [-0.1, -0.05) is 0 Å². The molecule has 17 heavy (non-hydrogen) atoms. The highest BCUT2D eigenvalue weighted by atomic mass is 32.2. The second-order valence-electron chi connectivity index (χ2n) is 2.96. The lowest BCUT2D eigenvalue weighted by atomic mass is 10.1. The normalized spacial score (nSPS) is 13.7. The van der Waals surface area contributed by atoms with Gasteiger partial charge in [0, 0.05) is 4.92 Å². The molecule has 0 aromatic rings. The quantitative estimate of drug-likeness (QED) is 0.273. The Kier molecular flexibility index (Phi) is 4.82. The Labute approximate surface area is 92.9 Å². The third-order valence-corrected chi connectivity index (χ3v) is 2.74. The van der Waals surface area contributed by atoms with Gasteiger partial charge < -0.3 is 10.2 Å². The Balaban J connectivity index is 4.93. The van der Waals surface area contributed by atoms with E-state index in [1.165, 1.54) is 0 Å². The van der Waals surface area contributed by atoms with Crippen molar-refractivity contribution in [3.63, 3.8) is 0 Å². The van der Waals surface area contributed by atoms with Crippen LogP contribution in [0.2, 0.25) is 0 Å². The van der Waals surface area contributed by atoms with E-state index < -0.39 is 45.9 Å². The van der Waals surface area contributed by atoms with Crippen molar-refractivity contribution in [1.82, 2.24) is 0 Å². The van der Waals surface area contributed by atoms with E-state index >= 15 is 0 Å². The van der Waals surface area contributed by atoms with Crippen molar-refractivity contribution in [2.75, 3.05) is 19.8 Å². The van der Waals surface area contributed by atoms with E-state index in [2.05, 4.69) is 4.18 Å². The van der Waals surface area contributed by atoms with E-state index in [1.807, 2.05) is 0 Å². The van der Waals surface area contributed by atoms with Gasteiger partial charge in [0.2, 0.25) is 0 Å². The maximum atomic E-state index is 11.8. The summed E-state index contributed by atoms with van der Waals surface area (Å²) in [5.74, 6) is 0. The first-order valence-corrected chi connectivity index (χ1v) is 5.25. The van der Waals surface area contributed by atoms with Crippen molar-refractivity contribution in [2.45, 2.75) is 11.0 Å². The number of nitro groups is 1. The van der Waals surface area contributed by atoms with Gasteiger partial charge in [-0.25, -0.2) is 0 Å². The number of rotatable bonds is 6. The Bertz CT molecular complexity index is 373.